The van der Waals surface area contributed by atoms with Crippen LogP contribution in [0.3, 0.4) is 0 Å². The molecule has 10 nitrogen and oxygen atoms in total. The number of hydrogen-bond acceptors (Lipinski definition) is 10. The zero-order valence-corrected chi connectivity index (χ0v) is 19.6. The van der Waals surface area contributed by atoms with Gasteiger partial charge in [-0.25, -0.2) is 9.78 Å². The number of aryl methyl sites for hydroxylation is 1. The Labute approximate surface area is 192 Å². The van der Waals surface area contributed by atoms with Crippen LogP contribution in [0.5, 0.6) is 5.75 Å². The Balaban J connectivity index is 1.93. The number of benzene rings is 1. The molecule has 3 heterocycles. The Morgan fingerprint density at radius 2 is 1.88 bits per heavy atom. The van der Waals surface area contributed by atoms with E-state index in [1.807, 2.05) is 6.92 Å². The summed E-state index contributed by atoms with van der Waals surface area (Å²) >= 11 is 0. The van der Waals surface area contributed by atoms with E-state index in [1.165, 1.54) is 22.6 Å². The van der Waals surface area contributed by atoms with Crippen molar-refractivity contribution >= 4 is 43.6 Å². The molecule has 2 N–H and O–H groups in total. The highest BCUT2D eigenvalue weighted by molar-refractivity contribution is 8.25. The predicted octanol–water partition coefficient (Wildman–Crippen LogP) is 3.76. The van der Waals surface area contributed by atoms with Gasteiger partial charge in [0.05, 0.1) is 12.9 Å². The number of nitrogens with zero attached hydrogens (tertiary/aromatic N) is 3. The van der Waals surface area contributed by atoms with Crippen LogP contribution in [0.2, 0.25) is 0 Å². The smallest absolute Gasteiger partial charge is 0.360 e. The lowest BCUT2D eigenvalue weighted by Crippen LogP contribution is -2.35. The highest BCUT2D eigenvalue weighted by Crippen LogP contribution is 2.51. The molecule has 12 heteroatoms. The van der Waals surface area contributed by atoms with Gasteiger partial charge in [0.25, 0.3) is 0 Å². The summed E-state index contributed by atoms with van der Waals surface area (Å²) in [5.41, 5.74) is 0.456. The maximum absolute atomic E-state index is 13.0. The molecule has 1 fully saturated rings. The molecule has 1 aliphatic rings. The van der Waals surface area contributed by atoms with Crippen molar-refractivity contribution in [1.82, 2.24) is 9.97 Å². The van der Waals surface area contributed by atoms with Gasteiger partial charge in [-0.2, -0.15) is 8.42 Å². The molecule has 1 aliphatic heterocycles. The third kappa shape index (κ3) is 4.47. The second-order valence-corrected chi connectivity index (χ2v) is 11.2. The maximum Gasteiger partial charge on any atom is 0.360 e. The number of ether oxygens (including phenoxy) is 1. The molecule has 0 spiro atoms. The molecular formula is C21H23N3O7S2. The van der Waals surface area contributed by atoms with E-state index in [0.717, 1.165) is 12.7 Å². The van der Waals surface area contributed by atoms with Crippen LogP contribution >= 0.6 is 10.8 Å². The summed E-state index contributed by atoms with van der Waals surface area (Å²) in [5, 5.41) is 0.307. The molecule has 33 heavy (non-hydrogen) atoms. The number of carbonyl (C=O) groups is 1. The van der Waals surface area contributed by atoms with Gasteiger partial charge in [0, 0.05) is 18.1 Å². The van der Waals surface area contributed by atoms with Crippen LogP contribution in [-0.4, -0.2) is 52.9 Å². The third-order valence-corrected chi connectivity index (χ3v) is 8.33. The second-order valence-electron chi connectivity index (χ2n) is 7.50. The Morgan fingerprint density at radius 1 is 1.15 bits per heavy atom. The van der Waals surface area contributed by atoms with Gasteiger partial charge in [0.1, 0.15) is 10.4 Å². The lowest BCUT2D eigenvalue weighted by atomic mass is 10.2. The summed E-state index contributed by atoms with van der Waals surface area (Å²) < 4.78 is 58.8. The maximum atomic E-state index is 13.0. The largest absolute Gasteiger partial charge is 0.464 e. The van der Waals surface area contributed by atoms with Crippen LogP contribution in [0.4, 0.5) is 5.82 Å². The number of fused-ring (bicyclic) bond motifs is 1. The average molecular weight is 494 g/mol. The van der Waals surface area contributed by atoms with Crippen molar-refractivity contribution < 1.29 is 31.2 Å². The van der Waals surface area contributed by atoms with Gasteiger partial charge < -0.3 is 8.92 Å². The first kappa shape index (κ1) is 23.2. The first-order valence-electron chi connectivity index (χ1n) is 10.1. The van der Waals surface area contributed by atoms with E-state index in [2.05, 4.69) is 9.97 Å². The first-order chi connectivity index (χ1) is 15.6. The normalized spacial score (nSPS) is 16.9. The lowest BCUT2D eigenvalue weighted by Gasteiger charge is -2.47. The van der Waals surface area contributed by atoms with Crippen LogP contribution in [0.25, 0.3) is 10.9 Å². The van der Waals surface area contributed by atoms with Gasteiger partial charge in [-0.3, -0.25) is 18.4 Å². The topological polar surface area (TPSA) is 139 Å². The Hall–Kier alpha value is -2.93. The van der Waals surface area contributed by atoms with Gasteiger partial charge in [-0.1, -0.05) is 17.7 Å². The molecule has 0 atom stereocenters. The van der Waals surface area contributed by atoms with Gasteiger partial charge in [-0.05, 0) is 44.0 Å². The van der Waals surface area contributed by atoms with Crippen LogP contribution in [0.15, 0.2) is 47.5 Å². The van der Waals surface area contributed by atoms with E-state index < -0.39 is 38.3 Å². The predicted molar refractivity (Wildman–Crippen MR) is 124 cm³/mol. The van der Waals surface area contributed by atoms with E-state index in [9.17, 15) is 22.3 Å². The first-order valence-corrected chi connectivity index (χ1v) is 13.1. The zero-order chi connectivity index (χ0) is 23.8. The number of esters is 1. The number of hydrogen-bond donors (Lipinski definition) is 2. The van der Waals surface area contributed by atoms with Crippen molar-refractivity contribution in [3.05, 3.63) is 53.9 Å². The molecule has 0 unspecified atom stereocenters. The molecule has 176 valence electrons. The monoisotopic (exact) mass is 493 g/mol. The second kappa shape index (κ2) is 8.78. The molecule has 0 bridgehead atoms. The number of methoxy groups -OCH3 is 1. The number of pyridine rings is 2. The van der Waals surface area contributed by atoms with Crippen LogP contribution in [0, 0.1) is 6.92 Å². The lowest BCUT2D eigenvalue weighted by molar-refractivity contribution is 0.0592. The third-order valence-electron chi connectivity index (χ3n) is 5.20. The van der Waals surface area contributed by atoms with Crippen molar-refractivity contribution in [3.8, 4) is 5.75 Å². The van der Waals surface area contributed by atoms with E-state index in [4.69, 9.17) is 8.92 Å². The molecule has 0 radical (unpaired) electrons. The van der Waals surface area contributed by atoms with Crippen LogP contribution < -0.4 is 8.49 Å². The summed E-state index contributed by atoms with van der Waals surface area (Å²) in [7, 11) is -6.40. The summed E-state index contributed by atoms with van der Waals surface area (Å²) in [6, 6.07) is 9.22. The highest BCUT2D eigenvalue weighted by atomic mass is 32.3. The Kier molecular flexibility index (Phi) is 6.18. The fourth-order valence-corrected chi connectivity index (χ4v) is 6.11. The molecule has 1 aromatic carbocycles. The van der Waals surface area contributed by atoms with Crippen molar-refractivity contribution in [2.24, 2.45) is 0 Å². The van der Waals surface area contributed by atoms with Gasteiger partial charge >= 0.3 is 16.1 Å². The fraction of sp³-hybridized carbons (Fsp3) is 0.286. The molecule has 0 aliphatic carbocycles. The van der Waals surface area contributed by atoms with Crippen LogP contribution in [0.1, 0.15) is 28.9 Å². The number of anilines is 1. The van der Waals surface area contributed by atoms with E-state index in [0.29, 0.717) is 24.8 Å². The minimum Gasteiger partial charge on any atom is -0.464 e. The van der Waals surface area contributed by atoms with Gasteiger partial charge in [-0.15, -0.1) is 10.8 Å². The number of aromatic nitrogens is 2. The number of carbonyl (C=O) groups excluding carboxylic acids is 1. The van der Waals surface area contributed by atoms with Crippen LogP contribution in [-0.2, 0) is 14.9 Å². The summed E-state index contributed by atoms with van der Waals surface area (Å²) in [5.74, 6) is -1.09. The molecule has 0 amide bonds. The zero-order valence-electron chi connectivity index (χ0n) is 18.0. The standard InChI is InChI=1S/C21H23N3O7S2/c1-14-7-9-15(10-8-14)33(28,29)31-19-17-16(6-5-11-22-17)20(23-18(19)21(25)30-2)24-12-3-4-13-32(24,26)27/h5-11,26-27H,3-4,12-13H2,1-2H3. The average Bonchev–Trinajstić information content (AvgIpc) is 2.79. The Bertz CT molecular complexity index is 1310. The molecule has 2 aromatic heterocycles. The van der Waals surface area contributed by atoms with E-state index in [1.54, 1.807) is 24.3 Å². The summed E-state index contributed by atoms with van der Waals surface area (Å²) in [4.78, 5) is 21.0. The fourth-order valence-electron chi connectivity index (χ4n) is 3.51. The SMILES string of the molecule is COC(=O)c1nc(N2CCCCS2(O)O)c2cccnc2c1OS(=O)(=O)c1ccc(C)cc1. The quantitative estimate of drug-likeness (QED) is 0.399. The highest BCUT2D eigenvalue weighted by Gasteiger charge is 2.33. The van der Waals surface area contributed by atoms with Gasteiger partial charge in [0.15, 0.2) is 11.5 Å². The van der Waals surface area contributed by atoms with E-state index in [-0.39, 0.29) is 22.0 Å². The molecule has 0 saturated carbocycles. The molecule has 4 rings (SSSR count). The van der Waals surface area contributed by atoms with Gasteiger partial charge in [0.2, 0.25) is 5.75 Å². The summed E-state index contributed by atoms with van der Waals surface area (Å²) in [6.45, 7) is 2.11. The molecular weight excluding hydrogens is 470 g/mol. The van der Waals surface area contributed by atoms with Crippen molar-refractivity contribution in [2.75, 3.05) is 23.7 Å². The van der Waals surface area contributed by atoms with Crippen molar-refractivity contribution in [1.29, 1.82) is 0 Å². The molecule has 3 aromatic rings. The minimum absolute atomic E-state index is 0.0272. The minimum atomic E-state index is -4.34. The number of rotatable bonds is 5. The van der Waals surface area contributed by atoms with E-state index >= 15 is 0 Å². The van der Waals surface area contributed by atoms with Crippen molar-refractivity contribution in [3.63, 3.8) is 0 Å². The Morgan fingerprint density at radius 3 is 2.55 bits per heavy atom. The molecule has 1 saturated heterocycles. The summed E-state index contributed by atoms with van der Waals surface area (Å²) in [6.07, 6.45) is 2.73. The van der Waals surface area contributed by atoms with Crippen molar-refractivity contribution in [2.45, 2.75) is 24.7 Å².